The number of nitrogens with one attached hydrogen (secondary N) is 1. The molecule has 0 aromatic heterocycles. The van der Waals surface area contributed by atoms with Crippen molar-refractivity contribution in [1.29, 1.82) is 0 Å². The zero-order valence-electron chi connectivity index (χ0n) is 13.7. The number of anilines is 1. The monoisotopic (exact) mass is 389 g/mol. The molecule has 1 atom stereocenters. The molecule has 0 aliphatic rings. The van der Waals surface area contributed by atoms with Crippen LogP contribution < -0.4 is 5.32 Å². The minimum absolute atomic E-state index is 0.202. The average molecular weight is 390 g/mol. The Morgan fingerprint density at radius 3 is 2.54 bits per heavy atom. The number of carboxylic acids is 1. The van der Waals surface area contributed by atoms with E-state index in [2.05, 4.69) is 21.2 Å². The number of aliphatic carboxylic acids is 1. The number of halogens is 1. The van der Waals surface area contributed by atoms with Crippen LogP contribution in [-0.2, 0) is 16.0 Å². The fourth-order valence-corrected chi connectivity index (χ4v) is 2.89. The number of rotatable bonds is 6. The maximum absolute atomic E-state index is 12.5. The van der Waals surface area contributed by atoms with Crippen molar-refractivity contribution in [3.8, 4) is 0 Å². The lowest BCUT2D eigenvalue weighted by Crippen LogP contribution is -2.27. The molecule has 0 spiro atoms. The molecule has 0 saturated heterocycles. The lowest BCUT2D eigenvalue weighted by atomic mass is 9.94. The molecule has 0 bridgehead atoms. The van der Waals surface area contributed by atoms with Crippen LogP contribution in [0.1, 0.15) is 23.1 Å². The van der Waals surface area contributed by atoms with Gasteiger partial charge in [0.05, 0.1) is 12.3 Å². The first-order valence-electron chi connectivity index (χ1n) is 7.69. The van der Waals surface area contributed by atoms with Crippen LogP contribution in [0.5, 0.6) is 0 Å². The van der Waals surface area contributed by atoms with Crippen LogP contribution in [0.4, 0.5) is 5.69 Å². The molecule has 2 aromatic rings. The summed E-state index contributed by atoms with van der Waals surface area (Å²) in [5.41, 5.74) is 3.76. The molecule has 4 nitrogen and oxygen atoms in total. The topological polar surface area (TPSA) is 66.4 Å². The first-order chi connectivity index (χ1) is 11.3. The van der Waals surface area contributed by atoms with E-state index in [1.54, 1.807) is 0 Å². The number of aryl methyl sites for hydroxylation is 2. The van der Waals surface area contributed by atoms with Crippen LogP contribution in [0.3, 0.4) is 0 Å². The lowest BCUT2D eigenvalue weighted by molar-refractivity contribution is -0.140. The summed E-state index contributed by atoms with van der Waals surface area (Å²) in [5.74, 6) is -1.88. The summed E-state index contributed by atoms with van der Waals surface area (Å²) >= 11 is 3.43. The minimum atomic E-state index is -0.979. The van der Waals surface area contributed by atoms with E-state index in [-0.39, 0.29) is 12.3 Å². The summed E-state index contributed by atoms with van der Waals surface area (Å²) < 4.78 is 0.897. The molecule has 0 saturated carbocycles. The maximum atomic E-state index is 12.5. The Labute approximate surface area is 150 Å². The van der Waals surface area contributed by atoms with Gasteiger partial charge in [0, 0.05) is 10.2 Å². The molecule has 24 heavy (non-hydrogen) atoms. The number of benzene rings is 2. The maximum Gasteiger partial charge on any atom is 0.304 e. The third-order valence-electron chi connectivity index (χ3n) is 3.80. The summed E-state index contributed by atoms with van der Waals surface area (Å²) in [7, 11) is 0. The highest BCUT2D eigenvalue weighted by molar-refractivity contribution is 9.10. The quantitative estimate of drug-likeness (QED) is 0.771. The van der Waals surface area contributed by atoms with E-state index in [1.165, 1.54) is 0 Å². The van der Waals surface area contributed by atoms with Crippen molar-refractivity contribution in [2.75, 3.05) is 5.32 Å². The van der Waals surface area contributed by atoms with Gasteiger partial charge in [-0.05, 0) is 43.5 Å². The molecular weight excluding hydrogens is 370 g/mol. The Kier molecular flexibility index (Phi) is 6.15. The second-order valence-corrected chi connectivity index (χ2v) is 6.80. The molecule has 0 unspecified atom stereocenters. The van der Waals surface area contributed by atoms with E-state index >= 15 is 0 Å². The van der Waals surface area contributed by atoms with E-state index in [9.17, 15) is 9.59 Å². The first kappa shape index (κ1) is 18.2. The number of carbonyl (C=O) groups is 2. The molecule has 1 amide bonds. The molecule has 126 valence electrons. The van der Waals surface area contributed by atoms with Gasteiger partial charge >= 0.3 is 5.97 Å². The van der Waals surface area contributed by atoms with Crippen LogP contribution in [0, 0.1) is 19.8 Å². The van der Waals surface area contributed by atoms with Crippen LogP contribution in [-0.4, -0.2) is 17.0 Å². The van der Waals surface area contributed by atoms with E-state index in [1.807, 2.05) is 56.3 Å². The van der Waals surface area contributed by atoms with Crippen molar-refractivity contribution >= 4 is 33.5 Å². The van der Waals surface area contributed by atoms with Crippen molar-refractivity contribution in [2.24, 2.45) is 5.92 Å². The van der Waals surface area contributed by atoms with Gasteiger partial charge < -0.3 is 10.4 Å². The highest BCUT2D eigenvalue weighted by Gasteiger charge is 2.22. The standard InChI is InChI=1S/C19H20BrNO3/c1-12-4-3-5-14(8-12)9-15(10-18(22)23)19(24)21-16-7-6-13(2)17(20)11-16/h3-8,11,15H,9-10H2,1-2H3,(H,21,24)(H,22,23)/t15-/m1/s1. The highest BCUT2D eigenvalue weighted by Crippen LogP contribution is 2.22. The van der Waals surface area contributed by atoms with Gasteiger partial charge in [-0.1, -0.05) is 51.8 Å². The summed E-state index contributed by atoms with van der Waals surface area (Å²) in [6.07, 6.45) is 0.194. The van der Waals surface area contributed by atoms with Gasteiger partial charge in [0.25, 0.3) is 0 Å². The smallest absolute Gasteiger partial charge is 0.304 e. The van der Waals surface area contributed by atoms with Gasteiger partial charge in [-0.15, -0.1) is 0 Å². The molecule has 2 N–H and O–H groups in total. The Morgan fingerprint density at radius 1 is 1.17 bits per heavy atom. The number of hydrogen-bond acceptors (Lipinski definition) is 2. The van der Waals surface area contributed by atoms with Gasteiger partial charge in [0.2, 0.25) is 5.91 Å². The third-order valence-corrected chi connectivity index (χ3v) is 4.65. The fraction of sp³-hybridized carbons (Fsp3) is 0.263. The van der Waals surface area contributed by atoms with Gasteiger partial charge in [0.1, 0.15) is 0 Å². The number of hydrogen-bond donors (Lipinski definition) is 2. The molecular formula is C19H20BrNO3. The van der Waals surface area contributed by atoms with Crippen LogP contribution in [0.15, 0.2) is 46.9 Å². The van der Waals surface area contributed by atoms with Crippen molar-refractivity contribution < 1.29 is 14.7 Å². The van der Waals surface area contributed by atoms with E-state index < -0.39 is 11.9 Å². The summed E-state index contributed by atoms with van der Waals surface area (Å²) in [4.78, 5) is 23.7. The Morgan fingerprint density at radius 2 is 1.92 bits per heavy atom. The second-order valence-electron chi connectivity index (χ2n) is 5.94. The Hall–Kier alpha value is -2.14. The summed E-state index contributed by atoms with van der Waals surface area (Å²) in [5, 5.41) is 11.9. The molecule has 0 aliphatic heterocycles. The van der Waals surface area contributed by atoms with Crippen molar-refractivity contribution in [3.05, 3.63) is 63.6 Å². The van der Waals surface area contributed by atoms with Gasteiger partial charge in [-0.3, -0.25) is 9.59 Å². The Bertz CT molecular complexity index is 758. The molecule has 0 radical (unpaired) electrons. The van der Waals surface area contributed by atoms with Crippen LogP contribution in [0.2, 0.25) is 0 Å². The average Bonchev–Trinajstić information content (AvgIpc) is 2.50. The summed E-state index contributed by atoms with van der Waals surface area (Å²) in [6, 6.07) is 13.3. The Balaban J connectivity index is 2.15. The summed E-state index contributed by atoms with van der Waals surface area (Å²) in [6.45, 7) is 3.93. The van der Waals surface area contributed by atoms with Crippen LogP contribution in [0.25, 0.3) is 0 Å². The highest BCUT2D eigenvalue weighted by atomic mass is 79.9. The molecule has 0 heterocycles. The van der Waals surface area contributed by atoms with E-state index in [0.717, 1.165) is 21.2 Å². The minimum Gasteiger partial charge on any atom is -0.481 e. The number of amides is 1. The normalized spacial score (nSPS) is 11.8. The molecule has 0 fully saturated rings. The number of carbonyl (C=O) groups excluding carboxylic acids is 1. The third kappa shape index (κ3) is 5.20. The van der Waals surface area contributed by atoms with Crippen molar-refractivity contribution in [2.45, 2.75) is 26.7 Å². The van der Waals surface area contributed by atoms with Gasteiger partial charge in [-0.2, -0.15) is 0 Å². The zero-order chi connectivity index (χ0) is 17.7. The largest absolute Gasteiger partial charge is 0.481 e. The predicted octanol–water partition coefficient (Wildman–Crippen LogP) is 4.34. The van der Waals surface area contributed by atoms with Crippen LogP contribution >= 0.6 is 15.9 Å². The first-order valence-corrected chi connectivity index (χ1v) is 8.49. The molecule has 0 aliphatic carbocycles. The van der Waals surface area contributed by atoms with Crippen molar-refractivity contribution in [3.63, 3.8) is 0 Å². The van der Waals surface area contributed by atoms with Gasteiger partial charge in [-0.25, -0.2) is 0 Å². The predicted molar refractivity (Wildman–Crippen MR) is 98.1 cm³/mol. The molecule has 2 rings (SSSR count). The van der Waals surface area contributed by atoms with Crippen molar-refractivity contribution in [1.82, 2.24) is 0 Å². The SMILES string of the molecule is Cc1cccc(C[C@H](CC(=O)O)C(=O)Nc2ccc(C)c(Br)c2)c1. The zero-order valence-corrected chi connectivity index (χ0v) is 15.3. The van der Waals surface area contributed by atoms with Gasteiger partial charge in [0.15, 0.2) is 0 Å². The fourth-order valence-electron chi connectivity index (χ4n) is 2.51. The number of carboxylic acid groups (broad SMARTS) is 1. The van der Waals surface area contributed by atoms with E-state index in [4.69, 9.17) is 5.11 Å². The lowest BCUT2D eigenvalue weighted by Gasteiger charge is -2.16. The van der Waals surface area contributed by atoms with E-state index in [0.29, 0.717) is 12.1 Å². The second kappa shape index (κ2) is 8.11. The molecule has 5 heteroatoms. The molecule has 2 aromatic carbocycles.